The quantitative estimate of drug-likeness (QED) is 0.863. The summed E-state index contributed by atoms with van der Waals surface area (Å²) in [5.41, 5.74) is 0.450. The van der Waals surface area contributed by atoms with E-state index in [0.717, 1.165) is 0 Å². The minimum absolute atomic E-state index is 0.0313. The van der Waals surface area contributed by atoms with Crippen molar-refractivity contribution in [3.8, 4) is 5.75 Å². The van der Waals surface area contributed by atoms with Crippen LogP contribution < -0.4 is 9.64 Å². The number of carbonyl (C=O) groups excluding carboxylic acids is 1. The van der Waals surface area contributed by atoms with E-state index >= 15 is 0 Å². The van der Waals surface area contributed by atoms with Gasteiger partial charge in [0.1, 0.15) is 11.9 Å². The van der Waals surface area contributed by atoms with Gasteiger partial charge in [0.2, 0.25) is 0 Å². The number of aliphatic hydroxyl groups excluding tert-OH is 1. The lowest BCUT2D eigenvalue weighted by Gasteiger charge is -2.34. The van der Waals surface area contributed by atoms with Gasteiger partial charge in [0, 0.05) is 0 Å². The molecule has 1 aromatic rings. The Balaban J connectivity index is 2.47. The molecule has 0 aliphatic carbocycles. The highest BCUT2D eigenvalue weighted by atomic mass is 19.4. The molecule has 2 atom stereocenters. The number of nitrogens with zero attached hydrogens (tertiary/aromatic N) is 1. The average Bonchev–Trinajstić information content (AvgIpc) is 2.35. The topological polar surface area (TPSA) is 49.8 Å². The zero-order valence-electron chi connectivity index (χ0n) is 10.9. The van der Waals surface area contributed by atoms with Gasteiger partial charge in [-0.25, -0.2) is 0 Å². The van der Waals surface area contributed by atoms with E-state index in [1.165, 1.54) is 19.1 Å². The van der Waals surface area contributed by atoms with Crippen molar-refractivity contribution in [1.82, 2.24) is 0 Å². The van der Waals surface area contributed by atoms with Gasteiger partial charge in [-0.3, -0.25) is 9.69 Å². The molecule has 1 aliphatic heterocycles. The summed E-state index contributed by atoms with van der Waals surface area (Å²) < 4.78 is 43.3. The molecule has 1 heterocycles. The molecule has 1 amide bonds. The van der Waals surface area contributed by atoms with Gasteiger partial charge in [-0.2, -0.15) is 13.2 Å². The minimum Gasteiger partial charge on any atom is -0.487 e. The number of hydrogen-bond donors (Lipinski definition) is 1. The monoisotopic (exact) mass is 289 g/mol. The number of carbonyl (C=O) groups is 1. The molecule has 2 rings (SSSR count). The predicted octanol–water partition coefficient (Wildman–Crippen LogP) is 2.42. The Morgan fingerprint density at radius 2 is 2.15 bits per heavy atom. The molecule has 0 bridgehead atoms. The standard InChI is InChI=1S/C13H14F3NO3/c1-7-6-17(12(19)13(14,15)16)10-5-9(8(2)18)3-4-11(10)20-7/h3-5,7-8,18H,6H2,1-2H3. The number of amides is 1. The Morgan fingerprint density at radius 1 is 1.50 bits per heavy atom. The summed E-state index contributed by atoms with van der Waals surface area (Å²) in [6, 6.07) is 4.36. The second-order valence-electron chi connectivity index (χ2n) is 4.75. The molecule has 0 radical (unpaired) electrons. The van der Waals surface area contributed by atoms with Gasteiger partial charge in [-0.15, -0.1) is 0 Å². The number of aliphatic hydroxyl groups is 1. The molecule has 4 nitrogen and oxygen atoms in total. The summed E-state index contributed by atoms with van der Waals surface area (Å²) in [6.07, 6.45) is -6.33. The number of rotatable bonds is 1. The Kier molecular flexibility index (Phi) is 3.64. The summed E-state index contributed by atoms with van der Waals surface area (Å²) in [7, 11) is 0. The maximum absolute atomic E-state index is 12.6. The van der Waals surface area contributed by atoms with Crippen molar-refractivity contribution in [3.05, 3.63) is 23.8 Å². The lowest BCUT2D eigenvalue weighted by molar-refractivity contribution is -0.170. The SMILES string of the molecule is CC1CN(C(=O)C(F)(F)F)c2cc(C(C)O)ccc2O1. The van der Waals surface area contributed by atoms with Gasteiger partial charge >= 0.3 is 12.1 Å². The van der Waals surface area contributed by atoms with Gasteiger partial charge < -0.3 is 9.84 Å². The second-order valence-corrected chi connectivity index (χ2v) is 4.75. The molecule has 0 spiro atoms. The fraction of sp³-hybridized carbons (Fsp3) is 0.462. The van der Waals surface area contributed by atoms with Crippen LogP contribution in [0.2, 0.25) is 0 Å². The third kappa shape index (κ3) is 2.72. The smallest absolute Gasteiger partial charge is 0.471 e. The molecule has 0 fully saturated rings. The molecule has 20 heavy (non-hydrogen) atoms. The maximum Gasteiger partial charge on any atom is 0.471 e. The van der Waals surface area contributed by atoms with Crippen molar-refractivity contribution in [2.75, 3.05) is 11.4 Å². The predicted molar refractivity (Wildman–Crippen MR) is 65.6 cm³/mol. The molecule has 0 aromatic heterocycles. The summed E-state index contributed by atoms with van der Waals surface area (Å²) in [5.74, 6) is -1.73. The maximum atomic E-state index is 12.6. The van der Waals surface area contributed by atoms with Crippen LogP contribution in [-0.4, -0.2) is 29.8 Å². The highest BCUT2D eigenvalue weighted by molar-refractivity contribution is 5.99. The summed E-state index contributed by atoms with van der Waals surface area (Å²) >= 11 is 0. The first-order valence-corrected chi connectivity index (χ1v) is 6.07. The Bertz CT molecular complexity index is 528. The number of alkyl halides is 3. The first-order valence-electron chi connectivity index (χ1n) is 6.07. The zero-order valence-corrected chi connectivity index (χ0v) is 10.9. The van der Waals surface area contributed by atoms with Crippen LogP contribution in [0.3, 0.4) is 0 Å². The highest BCUT2D eigenvalue weighted by Crippen LogP contribution is 2.37. The lowest BCUT2D eigenvalue weighted by atomic mass is 10.1. The molecule has 0 saturated carbocycles. The van der Waals surface area contributed by atoms with Crippen LogP contribution in [0, 0.1) is 0 Å². The van der Waals surface area contributed by atoms with Crippen LogP contribution in [0.5, 0.6) is 5.75 Å². The first kappa shape index (κ1) is 14.6. The Labute approximate surface area is 113 Å². The van der Waals surface area contributed by atoms with E-state index in [2.05, 4.69) is 0 Å². The van der Waals surface area contributed by atoms with E-state index in [1.54, 1.807) is 13.0 Å². The molecule has 7 heteroatoms. The summed E-state index contributed by atoms with van der Waals surface area (Å²) in [5, 5.41) is 9.50. The molecular weight excluding hydrogens is 275 g/mol. The highest BCUT2D eigenvalue weighted by Gasteiger charge is 2.45. The van der Waals surface area contributed by atoms with Gasteiger partial charge in [0.25, 0.3) is 0 Å². The normalized spacial score (nSPS) is 20.1. The molecule has 1 N–H and O–H groups in total. The van der Waals surface area contributed by atoms with E-state index in [-0.39, 0.29) is 18.0 Å². The van der Waals surface area contributed by atoms with Crippen LogP contribution in [0.25, 0.3) is 0 Å². The van der Waals surface area contributed by atoms with Crippen molar-refractivity contribution in [3.63, 3.8) is 0 Å². The fourth-order valence-corrected chi connectivity index (χ4v) is 2.06. The largest absolute Gasteiger partial charge is 0.487 e. The van der Waals surface area contributed by atoms with Crippen LogP contribution in [-0.2, 0) is 4.79 Å². The number of hydrogen-bond acceptors (Lipinski definition) is 3. The lowest BCUT2D eigenvalue weighted by Crippen LogP contribution is -2.48. The van der Waals surface area contributed by atoms with E-state index in [0.29, 0.717) is 10.5 Å². The van der Waals surface area contributed by atoms with Gasteiger partial charge in [-0.1, -0.05) is 6.07 Å². The number of benzene rings is 1. The average molecular weight is 289 g/mol. The summed E-state index contributed by atoms with van der Waals surface area (Å²) in [4.78, 5) is 12.1. The molecule has 1 aromatic carbocycles. The van der Waals surface area contributed by atoms with Gasteiger partial charge in [0.15, 0.2) is 0 Å². The van der Waals surface area contributed by atoms with Crippen molar-refractivity contribution >= 4 is 11.6 Å². The molecule has 1 aliphatic rings. The molecular formula is C13H14F3NO3. The van der Waals surface area contributed by atoms with E-state index < -0.39 is 24.3 Å². The van der Waals surface area contributed by atoms with Gasteiger partial charge in [0.05, 0.1) is 18.3 Å². The van der Waals surface area contributed by atoms with Crippen molar-refractivity contribution < 1.29 is 27.8 Å². The third-order valence-electron chi connectivity index (χ3n) is 3.01. The number of anilines is 1. The van der Waals surface area contributed by atoms with Crippen LogP contribution >= 0.6 is 0 Å². The minimum atomic E-state index is -4.95. The van der Waals surface area contributed by atoms with E-state index in [4.69, 9.17) is 4.74 Å². The fourth-order valence-electron chi connectivity index (χ4n) is 2.06. The van der Waals surface area contributed by atoms with Crippen molar-refractivity contribution in [2.45, 2.75) is 32.2 Å². The van der Waals surface area contributed by atoms with Crippen molar-refractivity contribution in [1.29, 1.82) is 0 Å². The van der Waals surface area contributed by atoms with Crippen LogP contribution in [0.15, 0.2) is 18.2 Å². The molecule has 110 valence electrons. The number of halogens is 3. The second kappa shape index (κ2) is 4.97. The van der Waals surface area contributed by atoms with Gasteiger partial charge in [-0.05, 0) is 31.5 Å². The zero-order chi connectivity index (χ0) is 15.1. The van der Waals surface area contributed by atoms with E-state index in [1.807, 2.05) is 0 Å². The van der Waals surface area contributed by atoms with Crippen molar-refractivity contribution in [2.24, 2.45) is 0 Å². The molecule has 0 saturated heterocycles. The Morgan fingerprint density at radius 3 is 2.70 bits per heavy atom. The van der Waals surface area contributed by atoms with Crippen LogP contribution in [0.4, 0.5) is 18.9 Å². The Hall–Kier alpha value is -1.76. The number of fused-ring (bicyclic) bond motifs is 1. The molecule has 2 unspecified atom stereocenters. The first-order chi connectivity index (χ1) is 9.20. The summed E-state index contributed by atoms with van der Waals surface area (Å²) in [6.45, 7) is 2.89. The van der Waals surface area contributed by atoms with E-state index in [9.17, 15) is 23.1 Å². The number of ether oxygens (including phenoxy) is 1. The van der Waals surface area contributed by atoms with Crippen LogP contribution in [0.1, 0.15) is 25.5 Å². The third-order valence-corrected chi connectivity index (χ3v) is 3.01.